The van der Waals surface area contributed by atoms with Crippen molar-refractivity contribution in [2.45, 2.75) is 20.0 Å². The summed E-state index contributed by atoms with van der Waals surface area (Å²) in [6.07, 6.45) is 0.729. The van der Waals surface area contributed by atoms with Gasteiger partial charge in [-0.1, -0.05) is 35.9 Å². The number of carbonyl (C=O) groups excluding carboxylic acids is 1. The van der Waals surface area contributed by atoms with Crippen molar-refractivity contribution < 1.29 is 9.53 Å². The third-order valence-corrected chi connectivity index (χ3v) is 4.34. The van der Waals surface area contributed by atoms with E-state index in [0.717, 1.165) is 11.4 Å². The van der Waals surface area contributed by atoms with Gasteiger partial charge in [-0.05, 0) is 24.6 Å². The van der Waals surface area contributed by atoms with E-state index in [2.05, 4.69) is 10.1 Å². The van der Waals surface area contributed by atoms with Crippen LogP contribution in [0, 0.1) is 0 Å². The number of ether oxygens (including phenoxy) is 1. The molecule has 0 saturated heterocycles. The standard InChI is InChI=1S/C15H12ClN3O3S/c1-2-12-18-19-13(20)7-11(17-15(19)23-12)8-22-14(21)9-4-3-5-10(16)6-9/h3-7H,2,8H2,1H3. The third-order valence-electron chi connectivity index (χ3n) is 3.05. The minimum atomic E-state index is -0.520. The molecule has 0 fully saturated rings. The number of aryl methyl sites for hydroxylation is 1. The molecule has 0 N–H and O–H groups in total. The molecular weight excluding hydrogens is 338 g/mol. The molecule has 2 heterocycles. The molecule has 0 saturated carbocycles. The smallest absolute Gasteiger partial charge is 0.338 e. The molecule has 0 aliphatic rings. The average Bonchev–Trinajstić information content (AvgIpc) is 2.96. The normalized spacial score (nSPS) is 10.9. The first-order valence-corrected chi connectivity index (χ1v) is 8.07. The summed E-state index contributed by atoms with van der Waals surface area (Å²) < 4.78 is 6.44. The highest BCUT2D eigenvalue weighted by Gasteiger charge is 2.11. The van der Waals surface area contributed by atoms with Crippen LogP contribution in [0.5, 0.6) is 0 Å². The average molecular weight is 350 g/mol. The second-order valence-electron chi connectivity index (χ2n) is 4.72. The molecule has 0 bridgehead atoms. The first-order valence-electron chi connectivity index (χ1n) is 6.88. The van der Waals surface area contributed by atoms with Gasteiger partial charge in [0.05, 0.1) is 11.3 Å². The summed E-state index contributed by atoms with van der Waals surface area (Å²) in [5.74, 6) is -0.520. The van der Waals surface area contributed by atoms with E-state index in [9.17, 15) is 9.59 Å². The number of rotatable bonds is 4. The predicted molar refractivity (Wildman–Crippen MR) is 87.1 cm³/mol. The lowest BCUT2D eigenvalue weighted by Crippen LogP contribution is -2.16. The zero-order valence-corrected chi connectivity index (χ0v) is 13.7. The fourth-order valence-electron chi connectivity index (χ4n) is 1.95. The van der Waals surface area contributed by atoms with E-state index in [1.165, 1.54) is 28.0 Å². The quantitative estimate of drug-likeness (QED) is 0.677. The predicted octanol–water partition coefficient (Wildman–Crippen LogP) is 2.72. The van der Waals surface area contributed by atoms with Crippen LogP contribution in [0.4, 0.5) is 0 Å². The molecule has 0 unspecified atom stereocenters. The molecule has 0 amide bonds. The van der Waals surface area contributed by atoms with Crippen molar-refractivity contribution in [1.29, 1.82) is 0 Å². The Labute approximate surface area is 140 Å². The van der Waals surface area contributed by atoms with Gasteiger partial charge in [-0.2, -0.15) is 9.61 Å². The van der Waals surface area contributed by atoms with Gasteiger partial charge >= 0.3 is 5.97 Å². The zero-order chi connectivity index (χ0) is 16.4. The monoisotopic (exact) mass is 349 g/mol. The zero-order valence-electron chi connectivity index (χ0n) is 12.2. The van der Waals surface area contributed by atoms with Crippen molar-refractivity contribution in [3.05, 3.63) is 62.0 Å². The summed E-state index contributed by atoms with van der Waals surface area (Å²) >= 11 is 7.18. The molecule has 2 aromatic heterocycles. The highest BCUT2D eigenvalue weighted by molar-refractivity contribution is 7.16. The van der Waals surface area contributed by atoms with Crippen LogP contribution in [0.3, 0.4) is 0 Å². The molecule has 3 rings (SSSR count). The van der Waals surface area contributed by atoms with Gasteiger partial charge in [0.2, 0.25) is 4.96 Å². The number of hydrogen-bond acceptors (Lipinski definition) is 6. The molecule has 8 heteroatoms. The fourth-order valence-corrected chi connectivity index (χ4v) is 3.00. The molecule has 23 heavy (non-hydrogen) atoms. The number of esters is 1. The number of hydrogen-bond donors (Lipinski definition) is 0. The number of carbonyl (C=O) groups is 1. The topological polar surface area (TPSA) is 73.6 Å². The second kappa shape index (κ2) is 6.47. The van der Waals surface area contributed by atoms with Gasteiger partial charge < -0.3 is 4.74 Å². The van der Waals surface area contributed by atoms with Crippen LogP contribution in [0.1, 0.15) is 28.0 Å². The van der Waals surface area contributed by atoms with Gasteiger partial charge in [-0.15, -0.1) is 0 Å². The van der Waals surface area contributed by atoms with Crippen molar-refractivity contribution in [2.75, 3.05) is 0 Å². The molecule has 1 aromatic carbocycles. The van der Waals surface area contributed by atoms with E-state index in [-0.39, 0.29) is 12.2 Å². The number of halogens is 1. The van der Waals surface area contributed by atoms with E-state index >= 15 is 0 Å². The molecule has 0 radical (unpaired) electrons. The van der Waals surface area contributed by atoms with Gasteiger partial charge in [-0.3, -0.25) is 4.79 Å². The highest BCUT2D eigenvalue weighted by Crippen LogP contribution is 2.14. The van der Waals surface area contributed by atoms with Crippen molar-refractivity contribution >= 4 is 33.9 Å². The maximum absolute atomic E-state index is 12.0. The number of fused-ring (bicyclic) bond motifs is 1. The Morgan fingerprint density at radius 3 is 2.96 bits per heavy atom. The number of aromatic nitrogens is 3. The molecule has 0 atom stereocenters. The van der Waals surface area contributed by atoms with Gasteiger partial charge in [-0.25, -0.2) is 9.78 Å². The Morgan fingerprint density at radius 1 is 1.39 bits per heavy atom. The molecule has 3 aromatic rings. The lowest BCUT2D eigenvalue weighted by Gasteiger charge is -2.04. The van der Waals surface area contributed by atoms with E-state index in [1.807, 2.05) is 6.92 Å². The largest absolute Gasteiger partial charge is 0.456 e. The molecule has 6 nitrogen and oxygen atoms in total. The van der Waals surface area contributed by atoms with Gasteiger partial charge in [0.15, 0.2) is 0 Å². The minimum Gasteiger partial charge on any atom is -0.456 e. The number of benzene rings is 1. The Morgan fingerprint density at radius 2 is 2.22 bits per heavy atom. The summed E-state index contributed by atoms with van der Waals surface area (Å²) in [7, 11) is 0. The van der Waals surface area contributed by atoms with Crippen molar-refractivity contribution in [3.8, 4) is 0 Å². The van der Waals surface area contributed by atoms with Gasteiger partial charge in [0, 0.05) is 11.1 Å². The molecule has 118 valence electrons. The number of nitrogens with zero attached hydrogens (tertiary/aromatic N) is 3. The van der Waals surface area contributed by atoms with Gasteiger partial charge in [0.25, 0.3) is 5.56 Å². The van der Waals surface area contributed by atoms with Gasteiger partial charge in [0.1, 0.15) is 11.6 Å². The third kappa shape index (κ3) is 3.40. The Kier molecular flexibility index (Phi) is 4.40. The molecule has 0 aliphatic heterocycles. The summed E-state index contributed by atoms with van der Waals surface area (Å²) in [5, 5.41) is 5.44. The Bertz CT molecular complexity index is 935. The second-order valence-corrected chi connectivity index (χ2v) is 6.19. The summed E-state index contributed by atoms with van der Waals surface area (Å²) in [4.78, 5) is 28.8. The summed E-state index contributed by atoms with van der Waals surface area (Å²) in [6, 6.07) is 7.78. The van der Waals surface area contributed by atoms with Crippen LogP contribution in [-0.4, -0.2) is 20.6 Å². The maximum Gasteiger partial charge on any atom is 0.338 e. The lowest BCUT2D eigenvalue weighted by molar-refractivity contribution is 0.0468. The van der Waals surface area contributed by atoms with E-state index in [0.29, 0.717) is 21.2 Å². The SMILES string of the molecule is CCc1nn2c(=O)cc(COC(=O)c3cccc(Cl)c3)nc2s1. The van der Waals surface area contributed by atoms with E-state index in [4.69, 9.17) is 16.3 Å². The summed E-state index contributed by atoms with van der Waals surface area (Å²) in [6.45, 7) is 1.87. The van der Waals surface area contributed by atoms with E-state index < -0.39 is 5.97 Å². The minimum absolute atomic E-state index is 0.0869. The van der Waals surface area contributed by atoms with Crippen LogP contribution >= 0.6 is 22.9 Å². The lowest BCUT2D eigenvalue weighted by atomic mass is 10.2. The Hall–Kier alpha value is -2.25. The maximum atomic E-state index is 12.0. The first-order chi connectivity index (χ1) is 11.1. The first kappa shape index (κ1) is 15.6. The summed E-state index contributed by atoms with van der Waals surface area (Å²) in [5.41, 5.74) is 0.442. The Balaban J connectivity index is 1.79. The van der Waals surface area contributed by atoms with Crippen molar-refractivity contribution in [1.82, 2.24) is 14.6 Å². The fraction of sp³-hybridized carbons (Fsp3) is 0.200. The van der Waals surface area contributed by atoms with Crippen LogP contribution < -0.4 is 5.56 Å². The highest BCUT2D eigenvalue weighted by atomic mass is 35.5. The van der Waals surface area contributed by atoms with Crippen LogP contribution in [0.25, 0.3) is 4.96 Å². The van der Waals surface area contributed by atoms with Crippen LogP contribution in [0.15, 0.2) is 35.1 Å². The van der Waals surface area contributed by atoms with Crippen molar-refractivity contribution in [2.24, 2.45) is 0 Å². The van der Waals surface area contributed by atoms with Crippen LogP contribution in [0.2, 0.25) is 5.02 Å². The molecule has 0 spiro atoms. The molecular formula is C15H12ClN3O3S. The van der Waals surface area contributed by atoms with Crippen LogP contribution in [-0.2, 0) is 17.8 Å². The van der Waals surface area contributed by atoms with E-state index in [1.54, 1.807) is 18.2 Å². The molecule has 0 aliphatic carbocycles. The van der Waals surface area contributed by atoms with Crippen molar-refractivity contribution in [3.63, 3.8) is 0 Å².